The van der Waals surface area contributed by atoms with Gasteiger partial charge in [-0.1, -0.05) is 35.9 Å². The Labute approximate surface area is 127 Å². The van der Waals surface area contributed by atoms with Crippen LogP contribution in [0.5, 0.6) is 0 Å². The number of hydrogen-bond acceptors (Lipinski definition) is 4. The van der Waals surface area contributed by atoms with Gasteiger partial charge >= 0.3 is 0 Å². The van der Waals surface area contributed by atoms with E-state index in [1.54, 1.807) is 11.3 Å². The van der Waals surface area contributed by atoms with Gasteiger partial charge in [0.25, 0.3) is 0 Å². The van der Waals surface area contributed by atoms with Crippen LogP contribution in [0.1, 0.15) is 4.88 Å². The second-order valence-electron chi connectivity index (χ2n) is 3.97. The number of aromatic nitrogens is 2. The van der Waals surface area contributed by atoms with Gasteiger partial charge < -0.3 is 5.32 Å². The molecule has 3 rings (SSSR count). The maximum Gasteiger partial charge on any atom is 0.159 e. The molecule has 0 saturated carbocycles. The van der Waals surface area contributed by atoms with Crippen molar-refractivity contribution in [3.63, 3.8) is 0 Å². The molecular weight excluding hydrogens is 346 g/mol. The minimum atomic E-state index is 0.431. The average Bonchev–Trinajstić information content (AvgIpc) is 2.84. The maximum absolute atomic E-state index is 6.04. The summed E-state index contributed by atoms with van der Waals surface area (Å²) < 4.78 is 1.10. The van der Waals surface area contributed by atoms with Gasteiger partial charge in [-0.2, -0.15) is 0 Å². The molecule has 0 unspecified atom stereocenters. The highest BCUT2D eigenvalue weighted by Gasteiger charge is 2.07. The predicted octanol–water partition coefficient (Wildman–Crippen LogP) is 4.72. The fourth-order valence-electron chi connectivity index (χ4n) is 1.82. The average molecular weight is 355 g/mol. The van der Waals surface area contributed by atoms with Crippen molar-refractivity contribution in [2.24, 2.45) is 0 Å². The molecule has 0 aliphatic heterocycles. The molecule has 0 saturated heterocycles. The molecule has 0 aliphatic rings. The molecule has 0 bridgehead atoms. The van der Waals surface area contributed by atoms with Gasteiger partial charge in [0, 0.05) is 25.5 Å². The Morgan fingerprint density at radius 1 is 1.21 bits per heavy atom. The van der Waals surface area contributed by atoms with Crippen LogP contribution in [0, 0.1) is 0 Å². The molecule has 6 heteroatoms. The standard InChI is InChI=1S/C13H9BrClN3S/c14-8-5-9(19-7-8)6-16-13-11-4-2-1-3-10(11)12(15)17-18-13/h1-5,7H,6H2,(H,16,18). The summed E-state index contributed by atoms with van der Waals surface area (Å²) in [6.07, 6.45) is 0. The van der Waals surface area contributed by atoms with E-state index in [1.165, 1.54) is 4.88 Å². The lowest BCUT2D eigenvalue weighted by molar-refractivity contribution is 1.02. The lowest BCUT2D eigenvalue weighted by Gasteiger charge is -2.07. The second kappa shape index (κ2) is 5.45. The molecule has 0 atom stereocenters. The Bertz CT molecular complexity index is 729. The van der Waals surface area contributed by atoms with Crippen LogP contribution in [0.15, 0.2) is 40.2 Å². The van der Waals surface area contributed by atoms with E-state index in [0.29, 0.717) is 5.15 Å². The van der Waals surface area contributed by atoms with E-state index in [1.807, 2.05) is 24.3 Å². The maximum atomic E-state index is 6.04. The van der Waals surface area contributed by atoms with Crippen LogP contribution in [0.2, 0.25) is 5.15 Å². The number of fused-ring (bicyclic) bond motifs is 1. The number of rotatable bonds is 3. The first-order chi connectivity index (χ1) is 9.24. The largest absolute Gasteiger partial charge is 0.363 e. The van der Waals surface area contributed by atoms with Crippen molar-refractivity contribution >= 4 is 55.5 Å². The Hall–Kier alpha value is -1.17. The van der Waals surface area contributed by atoms with E-state index in [0.717, 1.165) is 27.6 Å². The molecule has 19 heavy (non-hydrogen) atoms. The second-order valence-corrected chi connectivity index (χ2v) is 6.24. The van der Waals surface area contributed by atoms with Gasteiger partial charge in [-0.15, -0.1) is 21.5 Å². The summed E-state index contributed by atoms with van der Waals surface area (Å²) in [6.45, 7) is 0.719. The molecule has 0 aliphatic carbocycles. The number of thiophene rings is 1. The van der Waals surface area contributed by atoms with Crippen LogP contribution in [0.3, 0.4) is 0 Å². The highest BCUT2D eigenvalue weighted by molar-refractivity contribution is 9.10. The van der Waals surface area contributed by atoms with E-state index in [9.17, 15) is 0 Å². The lowest BCUT2D eigenvalue weighted by Crippen LogP contribution is -2.02. The molecule has 0 fully saturated rings. The van der Waals surface area contributed by atoms with Gasteiger partial charge in [0.05, 0.1) is 6.54 Å². The molecular formula is C13H9BrClN3S. The normalized spacial score (nSPS) is 10.8. The highest BCUT2D eigenvalue weighted by atomic mass is 79.9. The summed E-state index contributed by atoms with van der Waals surface area (Å²) in [7, 11) is 0. The third-order valence-electron chi connectivity index (χ3n) is 2.69. The van der Waals surface area contributed by atoms with E-state index in [2.05, 4.69) is 42.9 Å². The van der Waals surface area contributed by atoms with Crippen LogP contribution in [-0.4, -0.2) is 10.2 Å². The van der Waals surface area contributed by atoms with Crippen molar-refractivity contribution in [1.29, 1.82) is 0 Å². The summed E-state index contributed by atoms with van der Waals surface area (Å²) in [5, 5.41) is 15.8. The molecule has 1 aromatic carbocycles. The summed E-state index contributed by atoms with van der Waals surface area (Å²) in [6, 6.07) is 9.92. The third-order valence-corrected chi connectivity index (χ3v) is 4.67. The van der Waals surface area contributed by atoms with Crippen molar-refractivity contribution in [1.82, 2.24) is 10.2 Å². The summed E-state index contributed by atoms with van der Waals surface area (Å²) in [5.41, 5.74) is 0. The number of benzene rings is 1. The Kier molecular flexibility index (Phi) is 3.68. The van der Waals surface area contributed by atoms with Crippen LogP contribution >= 0.6 is 38.9 Å². The summed E-state index contributed by atoms with van der Waals surface area (Å²) >= 11 is 11.2. The Morgan fingerprint density at radius 3 is 2.74 bits per heavy atom. The number of anilines is 1. The van der Waals surface area contributed by atoms with Gasteiger partial charge in [-0.05, 0) is 22.0 Å². The molecule has 0 amide bonds. The van der Waals surface area contributed by atoms with Crippen molar-refractivity contribution < 1.29 is 0 Å². The van der Waals surface area contributed by atoms with E-state index >= 15 is 0 Å². The zero-order valence-corrected chi connectivity index (χ0v) is 12.9. The van der Waals surface area contributed by atoms with Crippen LogP contribution < -0.4 is 5.32 Å². The minimum absolute atomic E-state index is 0.431. The zero-order chi connectivity index (χ0) is 13.2. The minimum Gasteiger partial charge on any atom is -0.363 e. The molecule has 0 spiro atoms. The fraction of sp³-hybridized carbons (Fsp3) is 0.0769. The van der Waals surface area contributed by atoms with Gasteiger partial charge in [-0.3, -0.25) is 0 Å². The monoisotopic (exact) mass is 353 g/mol. The fourth-order valence-corrected chi connectivity index (χ4v) is 3.41. The van der Waals surface area contributed by atoms with Gasteiger partial charge in [0.2, 0.25) is 0 Å². The highest BCUT2D eigenvalue weighted by Crippen LogP contribution is 2.26. The lowest BCUT2D eigenvalue weighted by atomic mass is 10.2. The number of nitrogens with zero attached hydrogens (tertiary/aromatic N) is 2. The first-order valence-corrected chi connectivity index (χ1v) is 7.67. The first kappa shape index (κ1) is 12.8. The molecule has 2 heterocycles. The number of hydrogen-bond donors (Lipinski definition) is 1. The van der Waals surface area contributed by atoms with E-state index in [4.69, 9.17) is 11.6 Å². The third kappa shape index (κ3) is 2.73. The predicted molar refractivity (Wildman–Crippen MR) is 83.9 cm³/mol. The summed E-state index contributed by atoms with van der Waals surface area (Å²) in [4.78, 5) is 1.23. The zero-order valence-electron chi connectivity index (χ0n) is 9.73. The van der Waals surface area contributed by atoms with Gasteiger partial charge in [0.15, 0.2) is 11.0 Å². The van der Waals surface area contributed by atoms with Crippen LogP contribution in [-0.2, 0) is 6.54 Å². The Balaban J connectivity index is 1.91. The van der Waals surface area contributed by atoms with Crippen molar-refractivity contribution in [3.8, 4) is 0 Å². The quantitative estimate of drug-likeness (QED) is 0.739. The molecule has 3 aromatic rings. The van der Waals surface area contributed by atoms with Crippen molar-refractivity contribution in [2.75, 3.05) is 5.32 Å². The van der Waals surface area contributed by atoms with Gasteiger partial charge in [-0.25, -0.2) is 0 Å². The SMILES string of the molecule is Clc1nnc(NCc2cc(Br)cs2)c2ccccc12. The van der Waals surface area contributed by atoms with Crippen molar-refractivity contribution in [3.05, 3.63) is 50.2 Å². The smallest absolute Gasteiger partial charge is 0.159 e. The van der Waals surface area contributed by atoms with E-state index in [-0.39, 0.29) is 0 Å². The molecule has 1 N–H and O–H groups in total. The number of halogens is 2. The molecule has 96 valence electrons. The van der Waals surface area contributed by atoms with Crippen molar-refractivity contribution in [2.45, 2.75) is 6.54 Å². The molecule has 0 radical (unpaired) electrons. The van der Waals surface area contributed by atoms with Gasteiger partial charge in [0.1, 0.15) is 0 Å². The first-order valence-electron chi connectivity index (χ1n) is 5.62. The number of nitrogens with one attached hydrogen (secondary N) is 1. The summed E-state index contributed by atoms with van der Waals surface area (Å²) in [5.74, 6) is 0.754. The molecule has 3 nitrogen and oxygen atoms in total. The van der Waals surface area contributed by atoms with Crippen LogP contribution in [0.4, 0.5) is 5.82 Å². The van der Waals surface area contributed by atoms with E-state index < -0.39 is 0 Å². The topological polar surface area (TPSA) is 37.8 Å². The Morgan fingerprint density at radius 2 is 2.00 bits per heavy atom. The molecule has 2 aromatic heterocycles. The van der Waals surface area contributed by atoms with Crippen LogP contribution in [0.25, 0.3) is 10.8 Å².